The molecule has 0 aliphatic rings. The minimum atomic E-state index is -0.660. The second-order valence-electron chi connectivity index (χ2n) is 21.0. The molecule has 1 amide bonds. The number of aliphatic hydroxyl groups is 2. The molecule has 2 unspecified atom stereocenters. The summed E-state index contributed by atoms with van der Waals surface area (Å²) in [7, 11) is 0. The molecule has 0 saturated carbocycles. The Morgan fingerprint density at radius 3 is 1.10 bits per heavy atom. The Morgan fingerprint density at radius 1 is 0.403 bits per heavy atom. The quantitative estimate of drug-likeness (QED) is 0.0321. The fourth-order valence-corrected chi connectivity index (χ4v) is 9.62. The van der Waals surface area contributed by atoms with E-state index in [2.05, 4.69) is 31.3 Å². The topological polar surface area (TPSA) is 95.9 Å². The van der Waals surface area contributed by atoms with Gasteiger partial charge in [-0.25, -0.2) is 0 Å². The summed E-state index contributed by atoms with van der Waals surface area (Å²) in [5.41, 5.74) is 0. The first-order valence-electron chi connectivity index (χ1n) is 30.4. The van der Waals surface area contributed by atoms with Gasteiger partial charge in [-0.1, -0.05) is 296 Å². The molecular weight excluding hydrogens is 827 g/mol. The van der Waals surface area contributed by atoms with E-state index in [-0.39, 0.29) is 18.5 Å². The second kappa shape index (κ2) is 57.2. The number of rotatable bonds is 57. The SMILES string of the molecule is CCCC/C=C\CCCCCCCC(=O)OCCCCCCCCCCCCCCCCCCCCCCCCCCCCCC(=O)NC(CO)C(O)CCCCCCCCCCCCCC. The molecule has 0 bridgehead atoms. The molecule has 0 aromatic rings. The van der Waals surface area contributed by atoms with Gasteiger partial charge in [0.05, 0.1) is 25.4 Å². The van der Waals surface area contributed by atoms with E-state index >= 15 is 0 Å². The summed E-state index contributed by atoms with van der Waals surface area (Å²) in [6.45, 7) is 4.93. The summed E-state index contributed by atoms with van der Waals surface area (Å²) >= 11 is 0. The summed E-state index contributed by atoms with van der Waals surface area (Å²) in [5, 5.41) is 23.2. The molecule has 0 aliphatic carbocycles. The van der Waals surface area contributed by atoms with E-state index in [1.54, 1.807) is 0 Å². The number of hydrogen-bond donors (Lipinski definition) is 3. The number of esters is 1. The van der Waals surface area contributed by atoms with Gasteiger partial charge < -0.3 is 20.3 Å². The molecule has 0 aromatic heterocycles. The highest BCUT2D eigenvalue weighted by Crippen LogP contribution is 2.18. The zero-order valence-electron chi connectivity index (χ0n) is 45.4. The summed E-state index contributed by atoms with van der Waals surface area (Å²) in [6.07, 6.45) is 68.0. The predicted molar refractivity (Wildman–Crippen MR) is 292 cm³/mol. The smallest absolute Gasteiger partial charge is 0.305 e. The first-order chi connectivity index (χ1) is 33.0. The molecule has 6 heteroatoms. The van der Waals surface area contributed by atoms with Crippen molar-refractivity contribution in [3.05, 3.63) is 12.2 Å². The van der Waals surface area contributed by atoms with Gasteiger partial charge in [0.1, 0.15) is 0 Å². The van der Waals surface area contributed by atoms with Crippen molar-refractivity contribution in [3.8, 4) is 0 Å². The van der Waals surface area contributed by atoms with Crippen LogP contribution < -0.4 is 5.32 Å². The standard InChI is InChI=1S/C61H119NO5/c1-3-5-7-9-11-13-15-34-37-41-45-49-53-59(64)58(57-63)62-60(65)54-50-46-42-38-35-31-29-27-25-23-21-19-17-16-18-20-22-24-26-28-30-32-36-40-44-48-52-56-67-61(66)55-51-47-43-39-33-14-12-10-8-6-4-2/h10,12,58-59,63-64H,3-9,11,13-57H2,1-2H3,(H,62,65)/b12-10-. The molecule has 0 rings (SSSR count). The van der Waals surface area contributed by atoms with E-state index in [1.807, 2.05) is 0 Å². The van der Waals surface area contributed by atoms with E-state index in [9.17, 15) is 19.8 Å². The predicted octanol–water partition coefficient (Wildman–Crippen LogP) is 18.9. The number of unbranched alkanes of at least 4 members (excludes halogenated alkanes) is 44. The fourth-order valence-electron chi connectivity index (χ4n) is 9.62. The van der Waals surface area contributed by atoms with Crippen molar-refractivity contribution < 1.29 is 24.5 Å². The lowest BCUT2D eigenvalue weighted by Crippen LogP contribution is -2.45. The normalized spacial score (nSPS) is 12.6. The van der Waals surface area contributed by atoms with Gasteiger partial charge in [0.15, 0.2) is 0 Å². The Morgan fingerprint density at radius 2 is 0.716 bits per heavy atom. The molecule has 0 aliphatic heterocycles. The van der Waals surface area contributed by atoms with Gasteiger partial charge in [-0.3, -0.25) is 9.59 Å². The minimum Gasteiger partial charge on any atom is -0.466 e. The third-order valence-electron chi connectivity index (χ3n) is 14.3. The Bertz CT molecular complexity index is 1000. The van der Waals surface area contributed by atoms with Crippen LogP contribution in [0.1, 0.15) is 341 Å². The molecule has 0 heterocycles. The number of carbonyl (C=O) groups excluding carboxylic acids is 2. The summed E-state index contributed by atoms with van der Waals surface area (Å²) < 4.78 is 5.46. The van der Waals surface area contributed by atoms with Crippen molar-refractivity contribution in [2.24, 2.45) is 0 Å². The Kier molecular flexibility index (Phi) is 56.0. The van der Waals surface area contributed by atoms with Crippen LogP contribution in [-0.2, 0) is 14.3 Å². The lowest BCUT2D eigenvalue weighted by atomic mass is 10.0. The van der Waals surface area contributed by atoms with Crippen LogP contribution in [0, 0.1) is 0 Å². The molecule has 0 fully saturated rings. The van der Waals surface area contributed by atoms with Crippen molar-refractivity contribution in [3.63, 3.8) is 0 Å². The molecule has 2 atom stereocenters. The fraction of sp³-hybridized carbons (Fsp3) is 0.934. The summed E-state index contributed by atoms with van der Waals surface area (Å²) in [4.78, 5) is 24.4. The molecule has 3 N–H and O–H groups in total. The summed E-state index contributed by atoms with van der Waals surface area (Å²) in [5.74, 6) is -0.0239. The van der Waals surface area contributed by atoms with Crippen LogP contribution in [0.25, 0.3) is 0 Å². The maximum Gasteiger partial charge on any atom is 0.305 e. The first-order valence-corrected chi connectivity index (χ1v) is 30.4. The Balaban J connectivity index is 3.33. The molecule has 0 radical (unpaired) electrons. The average molecular weight is 947 g/mol. The average Bonchev–Trinajstić information content (AvgIpc) is 3.33. The highest BCUT2D eigenvalue weighted by Gasteiger charge is 2.20. The number of amides is 1. The van der Waals surface area contributed by atoms with Crippen LogP contribution in [0.4, 0.5) is 0 Å². The zero-order valence-corrected chi connectivity index (χ0v) is 45.4. The van der Waals surface area contributed by atoms with Crippen LogP contribution in [0.2, 0.25) is 0 Å². The largest absolute Gasteiger partial charge is 0.466 e. The monoisotopic (exact) mass is 946 g/mol. The number of hydrogen-bond acceptors (Lipinski definition) is 5. The number of allylic oxidation sites excluding steroid dienone is 2. The van der Waals surface area contributed by atoms with Crippen LogP contribution in [-0.4, -0.2) is 47.4 Å². The zero-order chi connectivity index (χ0) is 48.6. The van der Waals surface area contributed by atoms with Gasteiger partial charge >= 0.3 is 5.97 Å². The van der Waals surface area contributed by atoms with Gasteiger partial charge in [0.2, 0.25) is 5.91 Å². The molecule has 6 nitrogen and oxygen atoms in total. The highest BCUT2D eigenvalue weighted by molar-refractivity contribution is 5.76. The van der Waals surface area contributed by atoms with Crippen molar-refractivity contribution >= 4 is 11.9 Å². The van der Waals surface area contributed by atoms with Crippen molar-refractivity contribution in [1.82, 2.24) is 5.32 Å². The van der Waals surface area contributed by atoms with E-state index < -0.39 is 12.1 Å². The van der Waals surface area contributed by atoms with Gasteiger partial charge in [-0.05, 0) is 44.9 Å². The van der Waals surface area contributed by atoms with E-state index in [0.29, 0.717) is 25.9 Å². The molecule has 0 saturated heterocycles. The second-order valence-corrected chi connectivity index (χ2v) is 21.0. The molecule has 0 aromatic carbocycles. The van der Waals surface area contributed by atoms with Crippen molar-refractivity contribution in [2.45, 2.75) is 353 Å². The van der Waals surface area contributed by atoms with Crippen molar-refractivity contribution in [1.29, 1.82) is 0 Å². The van der Waals surface area contributed by atoms with E-state index in [4.69, 9.17) is 4.74 Å². The third kappa shape index (κ3) is 53.8. The number of ether oxygens (including phenoxy) is 1. The lowest BCUT2D eigenvalue weighted by Gasteiger charge is -2.22. The van der Waals surface area contributed by atoms with Crippen LogP contribution in [0.5, 0.6) is 0 Å². The van der Waals surface area contributed by atoms with E-state index in [0.717, 1.165) is 44.9 Å². The number of nitrogens with one attached hydrogen (secondary N) is 1. The third-order valence-corrected chi connectivity index (χ3v) is 14.3. The Labute approximate surface area is 419 Å². The van der Waals surface area contributed by atoms with E-state index in [1.165, 1.54) is 263 Å². The van der Waals surface area contributed by atoms with Gasteiger partial charge in [0.25, 0.3) is 0 Å². The molecule has 67 heavy (non-hydrogen) atoms. The Hall–Kier alpha value is -1.40. The van der Waals surface area contributed by atoms with Crippen LogP contribution >= 0.6 is 0 Å². The van der Waals surface area contributed by atoms with Crippen LogP contribution in [0.15, 0.2) is 12.2 Å². The molecule has 0 spiro atoms. The van der Waals surface area contributed by atoms with Crippen molar-refractivity contribution in [2.75, 3.05) is 13.2 Å². The number of aliphatic hydroxyl groups excluding tert-OH is 2. The first kappa shape index (κ1) is 65.6. The van der Waals surface area contributed by atoms with Gasteiger partial charge in [-0.15, -0.1) is 0 Å². The lowest BCUT2D eigenvalue weighted by molar-refractivity contribution is -0.143. The van der Waals surface area contributed by atoms with Gasteiger partial charge in [-0.2, -0.15) is 0 Å². The van der Waals surface area contributed by atoms with Crippen LogP contribution in [0.3, 0.4) is 0 Å². The molecule has 398 valence electrons. The maximum atomic E-state index is 12.5. The molecular formula is C61H119NO5. The summed E-state index contributed by atoms with van der Waals surface area (Å²) in [6, 6.07) is -0.537. The minimum absolute atomic E-state index is 0.00727. The van der Waals surface area contributed by atoms with Gasteiger partial charge in [0, 0.05) is 12.8 Å². The maximum absolute atomic E-state index is 12.5. The number of carbonyl (C=O) groups is 2. The highest BCUT2D eigenvalue weighted by atomic mass is 16.5.